The van der Waals surface area contributed by atoms with Crippen LogP contribution in [-0.2, 0) is 32.0 Å². The fourth-order valence-electron chi connectivity index (χ4n) is 3.49. The summed E-state index contributed by atoms with van der Waals surface area (Å²) in [7, 11) is 1.55. The monoisotopic (exact) mass is 565 g/mol. The quantitative estimate of drug-likeness (QED) is 0.284. The second-order valence-corrected chi connectivity index (χ2v) is 9.75. The zero-order chi connectivity index (χ0) is 28.7. The molecule has 1 N–H and O–H groups in total. The number of hydrogen-bond acceptors (Lipinski definition) is 9. The van der Waals surface area contributed by atoms with Crippen LogP contribution in [0.5, 0.6) is 5.75 Å². The predicted molar refractivity (Wildman–Crippen MR) is 135 cm³/mol. The normalized spacial score (nSPS) is 12.2. The van der Waals surface area contributed by atoms with Crippen LogP contribution in [0.15, 0.2) is 42.6 Å². The molecule has 13 heteroatoms. The SMILES string of the molecule is COc1ccccc1-c1nc(C(=O)NCc2cc(CC(OC(C)C)C(=O)OC(=O)C(F)(F)F)ccn2)c(C)s1. The summed E-state index contributed by atoms with van der Waals surface area (Å²) < 4.78 is 52.3. The number of aromatic nitrogens is 2. The number of halogens is 3. The van der Waals surface area contributed by atoms with E-state index in [4.69, 9.17) is 9.47 Å². The van der Waals surface area contributed by atoms with Crippen molar-refractivity contribution in [1.29, 1.82) is 0 Å². The van der Waals surface area contributed by atoms with Gasteiger partial charge in [0.05, 0.1) is 31.0 Å². The Hall–Kier alpha value is -3.84. The van der Waals surface area contributed by atoms with Crippen molar-refractivity contribution in [3.8, 4) is 16.3 Å². The van der Waals surface area contributed by atoms with Gasteiger partial charge in [-0.25, -0.2) is 14.6 Å². The van der Waals surface area contributed by atoms with Gasteiger partial charge in [-0.15, -0.1) is 11.3 Å². The van der Waals surface area contributed by atoms with Gasteiger partial charge in [0, 0.05) is 17.5 Å². The topological polar surface area (TPSA) is 117 Å². The van der Waals surface area contributed by atoms with Crippen LogP contribution >= 0.6 is 11.3 Å². The molecule has 0 aliphatic carbocycles. The maximum atomic E-state index is 12.9. The van der Waals surface area contributed by atoms with E-state index in [9.17, 15) is 27.6 Å². The number of thiazole rings is 1. The summed E-state index contributed by atoms with van der Waals surface area (Å²) in [5, 5.41) is 3.37. The number of para-hydroxylation sites is 1. The molecule has 0 aliphatic heterocycles. The number of carbonyl (C=O) groups is 3. The van der Waals surface area contributed by atoms with Crippen LogP contribution in [0.2, 0.25) is 0 Å². The Kier molecular flexibility index (Phi) is 9.76. The van der Waals surface area contributed by atoms with Crippen molar-refractivity contribution in [2.45, 2.75) is 52.1 Å². The highest BCUT2D eigenvalue weighted by Gasteiger charge is 2.43. The van der Waals surface area contributed by atoms with E-state index in [1.807, 2.05) is 18.2 Å². The van der Waals surface area contributed by atoms with Crippen molar-refractivity contribution in [2.24, 2.45) is 0 Å². The summed E-state index contributed by atoms with van der Waals surface area (Å²) in [5.74, 6) is -3.87. The second-order valence-electron chi connectivity index (χ2n) is 8.55. The zero-order valence-electron chi connectivity index (χ0n) is 21.5. The van der Waals surface area contributed by atoms with Crippen LogP contribution < -0.4 is 10.1 Å². The summed E-state index contributed by atoms with van der Waals surface area (Å²) in [5.41, 5.74) is 1.90. The summed E-state index contributed by atoms with van der Waals surface area (Å²) in [6, 6.07) is 10.4. The van der Waals surface area contributed by atoms with E-state index >= 15 is 0 Å². The Morgan fingerprint density at radius 3 is 2.51 bits per heavy atom. The number of ether oxygens (including phenoxy) is 3. The number of methoxy groups -OCH3 is 1. The molecular formula is C26H26F3N3O6S. The first-order chi connectivity index (χ1) is 18.4. The summed E-state index contributed by atoms with van der Waals surface area (Å²) in [4.78, 5) is 45.5. The minimum absolute atomic E-state index is 0.0142. The van der Waals surface area contributed by atoms with Crippen molar-refractivity contribution in [2.75, 3.05) is 7.11 Å². The van der Waals surface area contributed by atoms with Gasteiger partial charge in [-0.1, -0.05) is 12.1 Å². The number of aryl methyl sites for hydroxylation is 1. The summed E-state index contributed by atoms with van der Waals surface area (Å²) >= 11 is 1.35. The molecule has 3 aromatic rings. The molecular weight excluding hydrogens is 539 g/mol. The molecule has 39 heavy (non-hydrogen) atoms. The van der Waals surface area contributed by atoms with Gasteiger partial charge in [0.2, 0.25) is 0 Å². The van der Waals surface area contributed by atoms with Gasteiger partial charge >= 0.3 is 18.1 Å². The number of nitrogens with zero attached hydrogens (tertiary/aromatic N) is 2. The van der Waals surface area contributed by atoms with Crippen LogP contribution in [0.4, 0.5) is 13.2 Å². The molecule has 2 aromatic heterocycles. The molecule has 9 nitrogen and oxygen atoms in total. The molecule has 3 rings (SSSR count). The van der Waals surface area contributed by atoms with Crippen molar-refractivity contribution in [1.82, 2.24) is 15.3 Å². The van der Waals surface area contributed by atoms with E-state index in [0.717, 1.165) is 5.56 Å². The van der Waals surface area contributed by atoms with Gasteiger partial charge in [-0.2, -0.15) is 13.2 Å². The number of nitrogens with one attached hydrogen (secondary N) is 1. The van der Waals surface area contributed by atoms with E-state index in [1.165, 1.54) is 23.6 Å². The number of alkyl halides is 3. The van der Waals surface area contributed by atoms with Gasteiger partial charge < -0.3 is 19.5 Å². The van der Waals surface area contributed by atoms with Gasteiger partial charge in [0.1, 0.15) is 16.5 Å². The van der Waals surface area contributed by atoms with Crippen LogP contribution in [-0.4, -0.2) is 53.3 Å². The molecule has 0 bridgehead atoms. The second kappa shape index (κ2) is 12.8. The molecule has 1 unspecified atom stereocenters. The maximum absolute atomic E-state index is 12.9. The third-order valence-corrected chi connectivity index (χ3v) is 6.21. The number of amides is 1. The molecule has 0 fully saturated rings. The van der Waals surface area contributed by atoms with Crippen LogP contribution in [0.3, 0.4) is 0 Å². The molecule has 208 valence electrons. The Morgan fingerprint density at radius 1 is 1.13 bits per heavy atom. The van der Waals surface area contributed by atoms with Gasteiger partial charge in [-0.3, -0.25) is 9.78 Å². The minimum atomic E-state index is -5.32. The number of hydrogen-bond donors (Lipinski definition) is 1. The standard InChI is InChI=1S/C26H26F3N3O6S/c1-14(2)37-20(24(34)38-25(35)26(27,28)29)12-16-9-10-30-17(11-16)13-31-22(33)21-15(3)39-23(32-21)18-7-5-6-8-19(18)36-4/h5-11,14,20H,12-13H2,1-4H3,(H,31,33). The largest absolute Gasteiger partial charge is 0.496 e. The third kappa shape index (κ3) is 8.07. The zero-order valence-corrected chi connectivity index (χ0v) is 22.3. The predicted octanol–water partition coefficient (Wildman–Crippen LogP) is 4.42. The molecule has 2 heterocycles. The fraction of sp³-hybridized carbons (Fsp3) is 0.346. The average Bonchev–Trinajstić information content (AvgIpc) is 3.27. The Bertz CT molecular complexity index is 1340. The van der Waals surface area contributed by atoms with Crippen molar-refractivity contribution in [3.63, 3.8) is 0 Å². The van der Waals surface area contributed by atoms with E-state index < -0.39 is 36.2 Å². The lowest BCUT2D eigenvalue weighted by Crippen LogP contribution is -2.36. The first-order valence-corrected chi connectivity index (χ1v) is 12.5. The molecule has 0 aliphatic rings. The van der Waals surface area contributed by atoms with Gasteiger partial charge in [0.15, 0.2) is 6.10 Å². The summed E-state index contributed by atoms with van der Waals surface area (Å²) in [6.45, 7) is 4.96. The number of esters is 2. The van der Waals surface area contributed by atoms with Gasteiger partial charge in [-0.05, 0) is 50.6 Å². The van der Waals surface area contributed by atoms with Crippen LogP contribution in [0.1, 0.15) is 40.5 Å². The highest BCUT2D eigenvalue weighted by molar-refractivity contribution is 7.15. The average molecular weight is 566 g/mol. The Morgan fingerprint density at radius 2 is 1.85 bits per heavy atom. The highest BCUT2D eigenvalue weighted by atomic mass is 32.1. The minimum Gasteiger partial charge on any atom is -0.496 e. The van der Waals surface area contributed by atoms with Crippen LogP contribution in [0.25, 0.3) is 10.6 Å². The Balaban J connectivity index is 1.69. The van der Waals surface area contributed by atoms with E-state index in [-0.39, 0.29) is 18.7 Å². The number of pyridine rings is 1. The maximum Gasteiger partial charge on any atom is 0.491 e. The van der Waals surface area contributed by atoms with E-state index in [0.29, 0.717) is 26.9 Å². The van der Waals surface area contributed by atoms with Crippen LogP contribution in [0, 0.1) is 6.92 Å². The third-order valence-electron chi connectivity index (χ3n) is 5.21. The van der Waals surface area contributed by atoms with Crippen molar-refractivity contribution < 1.29 is 41.8 Å². The number of carbonyl (C=O) groups excluding carboxylic acids is 3. The first kappa shape index (κ1) is 29.7. The fourth-order valence-corrected chi connectivity index (χ4v) is 4.44. The lowest BCUT2D eigenvalue weighted by molar-refractivity contribution is -0.205. The molecule has 0 spiro atoms. The lowest BCUT2D eigenvalue weighted by Gasteiger charge is -2.19. The number of rotatable bonds is 10. The number of benzene rings is 1. The van der Waals surface area contributed by atoms with Crippen molar-refractivity contribution in [3.05, 3.63) is 64.4 Å². The first-order valence-electron chi connectivity index (χ1n) is 11.7. The molecule has 1 aromatic carbocycles. The van der Waals surface area contributed by atoms with E-state index in [1.54, 1.807) is 40.0 Å². The summed E-state index contributed by atoms with van der Waals surface area (Å²) in [6.07, 6.45) is -6.08. The molecule has 0 saturated carbocycles. The highest BCUT2D eigenvalue weighted by Crippen LogP contribution is 2.34. The lowest BCUT2D eigenvalue weighted by atomic mass is 10.1. The molecule has 1 atom stereocenters. The van der Waals surface area contributed by atoms with E-state index in [2.05, 4.69) is 20.0 Å². The van der Waals surface area contributed by atoms with Crippen molar-refractivity contribution >= 4 is 29.2 Å². The Labute approximate surface area is 226 Å². The smallest absolute Gasteiger partial charge is 0.491 e. The molecule has 0 saturated heterocycles. The molecule has 1 amide bonds. The molecule has 0 radical (unpaired) electrons. The van der Waals surface area contributed by atoms with Gasteiger partial charge in [0.25, 0.3) is 5.91 Å².